The lowest BCUT2D eigenvalue weighted by molar-refractivity contribution is -0.385. The monoisotopic (exact) mass is 311 g/mol. The third-order valence-electron chi connectivity index (χ3n) is 3.95. The van der Waals surface area contributed by atoms with Crippen molar-refractivity contribution in [3.63, 3.8) is 0 Å². The molecular weight excluding hydrogens is 290 g/mol. The maximum atomic E-state index is 11.1. The number of rotatable bonds is 6. The second-order valence-corrected chi connectivity index (χ2v) is 5.96. The van der Waals surface area contributed by atoms with E-state index in [1.54, 1.807) is 12.1 Å². The molecule has 1 aromatic rings. The van der Waals surface area contributed by atoms with Gasteiger partial charge in [-0.1, -0.05) is 18.5 Å². The molecule has 0 aliphatic carbocycles. The van der Waals surface area contributed by atoms with Gasteiger partial charge in [-0.25, -0.2) is 0 Å². The van der Waals surface area contributed by atoms with Gasteiger partial charge in [-0.05, 0) is 51.0 Å². The Bertz CT molecular complexity index is 488. The highest BCUT2D eigenvalue weighted by atomic mass is 35.5. The molecule has 116 valence electrons. The van der Waals surface area contributed by atoms with Crippen LogP contribution in [0.4, 0.5) is 5.69 Å². The predicted molar refractivity (Wildman–Crippen MR) is 84.7 cm³/mol. The van der Waals surface area contributed by atoms with Crippen LogP contribution in [0.1, 0.15) is 31.7 Å². The van der Waals surface area contributed by atoms with Crippen molar-refractivity contribution in [1.29, 1.82) is 0 Å². The minimum Gasteiger partial charge on any atom is -0.310 e. The number of halogens is 1. The molecule has 1 heterocycles. The van der Waals surface area contributed by atoms with Crippen LogP contribution in [0.5, 0.6) is 0 Å². The van der Waals surface area contributed by atoms with E-state index < -0.39 is 0 Å². The minimum atomic E-state index is -0.368. The Morgan fingerprint density at radius 2 is 2.14 bits per heavy atom. The number of hydrogen-bond donors (Lipinski definition) is 1. The van der Waals surface area contributed by atoms with Gasteiger partial charge in [0, 0.05) is 29.2 Å². The van der Waals surface area contributed by atoms with E-state index in [2.05, 4.69) is 17.1 Å². The first kappa shape index (κ1) is 16.2. The molecule has 6 heteroatoms. The van der Waals surface area contributed by atoms with E-state index >= 15 is 0 Å². The molecular formula is C15H22ClN3O2. The Morgan fingerprint density at radius 1 is 1.43 bits per heavy atom. The highest BCUT2D eigenvalue weighted by Crippen LogP contribution is 2.23. The first-order chi connectivity index (χ1) is 10.1. The summed E-state index contributed by atoms with van der Waals surface area (Å²) in [6.45, 7) is 6.09. The summed E-state index contributed by atoms with van der Waals surface area (Å²) in [6.07, 6.45) is 3.39. The first-order valence-corrected chi connectivity index (χ1v) is 7.86. The summed E-state index contributed by atoms with van der Waals surface area (Å²) in [5, 5.41) is 14.9. The van der Waals surface area contributed by atoms with Crippen LogP contribution in [0.3, 0.4) is 0 Å². The molecule has 1 aliphatic rings. The van der Waals surface area contributed by atoms with Gasteiger partial charge >= 0.3 is 0 Å². The topological polar surface area (TPSA) is 58.4 Å². The minimum absolute atomic E-state index is 0.0958. The maximum absolute atomic E-state index is 11.1. The lowest BCUT2D eigenvalue weighted by atomic mass is 10.0. The van der Waals surface area contributed by atoms with E-state index in [0.717, 1.165) is 32.5 Å². The average molecular weight is 312 g/mol. The van der Waals surface area contributed by atoms with Crippen molar-refractivity contribution in [3.8, 4) is 0 Å². The molecule has 0 amide bonds. The van der Waals surface area contributed by atoms with Gasteiger partial charge in [0.05, 0.1) is 4.92 Å². The molecule has 0 atom stereocenters. The van der Waals surface area contributed by atoms with Crippen LogP contribution < -0.4 is 5.32 Å². The summed E-state index contributed by atoms with van der Waals surface area (Å²) in [4.78, 5) is 13.2. The largest absolute Gasteiger partial charge is 0.310 e. The van der Waals surface area contributed by atoms with Gasteiger partial charge in [-0.15, -0.1) is 0 Å². The number of nitrogens with zero attached hydrogens (tertiary/aromatic N) is 2. The molecule has 2 rings (SSSR count). The zero-order valence-corrected chi connectivity index (χ0v) is 13.1. The number of piperidine rings is 1. The number of likely N-dealkylation sites (tertiary alicyclic amines) is 1. The van der Waals surface area contributed by atoms with Crippen molar-refractivity contribution in [3.05, 3.63) is 38.9 Å². The molecule has 1 aromatic carbocycles. The van der Waals surface area contributed by atoms with Crippen molar-refractivity contribution in [2.75, 3.05) is 19.6 Å². The Morgan fingerprint density at radius 3 is 2.76 bits per heavy atom. The van der Waals surface area contributed by atoms with Gasteiger partial charge in [-0.2, -0.15) is 0 Å². The van der Waals surface area contributed by atoms with Crippen LogP contribution in [0.2, 0.25) is 5.02 Å². The third-order valence-corrected chi connectivity index (χ3v) is 4.19. The van der Waals surface area contributed by atoms with Gasteiger partial charge < -0.3 is 10.2 Å². The van der Waals surface area contributed by atoms with Gasteiger partial charge in [0.25, 0.3) is 5.69 Å². The maximum Gasteiger partial charge on any atom is 0.275 e. The number of benzene rings is 1. The summed E-state index contributed by atoms with van der Waals surface area (Å²) in [6, 6.07) is 5.30. The summed E-state index contributed by atoms with van der Waals surface area (Å²) >= 11 is 5.83. The molecule has 1 N–H and O–H groups in total. The molecule has 0 bridgehead atoms. The standard InChI is InChI=1S/C15H22ClN3O2/c1-2-7-18-8-5-14(6-9-18)17-11-12-3-4-13(16)10-15(12)19(20)21/h3-4,10,14,17H,2,5-9,11H2,1H3. The summed E-state index contributed by atoms with van der Waals surface area (Å²) < 4.78 is 0. The Hall–Kier alpha value is -1.17. The fourth-order valence-electron chi connectivity index (χ4n) is 2.79. The number of nitro benzene ring substituents is 1. The molecule has 21 heavy (non-hydrogen) atoms. The van der Waals surface area contributed by atoms with Crippen LogP contribution in [0.15, 0.2) is 18.2 Å². The van der Waals surface area contributed by atoms with Crippen LogP contribution in [0, 0.1) is 10.1 Å². The summed E-state index contributed by atoms with van der Waals surface area (Å²) in [5.74, 6) is 0. The van der Waals surface area contributed by atoms with E-state index in [1.165, 1.54) is 12.5 Å². The van der Waals surface area contributed by atoms with Crippen LogP contribution in [-0.4, -0.2) is 35.5 Å². The second-order valence-electron chi connectivity index (χ2n) is 5.53. The molecule has 0 saturated carbocycles. The fraction of sp³-hybridized carbons (Fsp3) is 0.600. The number of nitrogens with one attached hydrogen (secondary N) is 1. The van der Waals surface area contributed by atoms with E-state index in [0.29, 0.717) is 23.2 Å². The normalized spacial score (nSPS) is 17.0. The van der Waals surface area contributed by atoms with Crippen molar-refractivity contribution >= 4 is 17.3 Å². The van der Waals surface area contributed by atoms with E-state index in [9.17, 15) is 10.1 Å². The fourth-order valence-corrected chi connectivity index (χ4v) is 2.95. The van der Waals surface area contributed by atoms with E-state index in [1.807, 2.05) is 0 Å². The van der Waals surface area contributed by atoms with Crippen LogP contribution >= 0.6 is 11.6 Å². The lowest BCUT2D eigenvalue weighted by Crippen LogP contribution is -2.42. The van der Waals surface area contributed by atoms with Gasteiger partial charge in [0.15, 0.2) is 0 Å². The quantitative estimate of drug-likeness (QED) is 0.647. The highest BCUT2D eigenvalue weighted by Gasteiger charge is 2.20. The second kappa shape index (κ2) is 7.73. The third kappa shape index (κ3) is 4.66. The van der Waals surface area contributed by atoms with Gasteiger partial charge in [-0.3, -0.25) is 10.1 Å². The zero-order valence-electron chi connectivity index (χ0n) is 12.3. The van der Waals surface area contributed by atoms with Crippen LogP contribution in [0.25, 0.3) is 0 Å². The molecule has 1 aliphatic heterocycles. The van der Waals surface area contributed by atoms with E-state index in [4.69, 9.17) is 11.6 Å². The SMILES string of the molecule is CCCN1CCC(NCc2ccc(Cl)cc2[N+](=O)[O-])CC1. The Balaban J connectivity index is 1.88. The van der Waals surface area contributed by atoms with Crippen molar-refractivity contribution in [2.45, 2.75) is 38.8 Å². The van der Waals surface area contributed by atoms with Crippen molar-refractivity contribution in [2.24, 2.45) is 0 Å². The van der Waals surface area contributed by atoms with Crippen molar-refractivity contribution < 1.29 is 4.92 Å². The zero-order chi connectivity index (χ0) is 15.2. The molecule has 1 fully saturated rings. The molecule has 0 unspecified atom stereocenters. The van der Waals surface area contributed by atoms with Gasteiger partial charge in [0.2, 0.25) is 0 Å². The lowest BCUT2D eigenvalue weighted by Gasteiger charge is -2.32. The molecule has 5 nitrogen and oxygen atoms in total. The predicted octanol–water partition coefficient (Wildman–Crippen LogP) is 3.21. The summed E-state index contributed by atoms with van der Waals surface area (Å²) in [5.41, 5.74) is 0.791. The summed E-state index contributed by atoms with van der Waals surface area (Å²) in [7, 11) is 0. The highest BCUT2D eigenvalue weighted by molar-refractivity contribution is 6.30. The molecule has 1 saturated heterocycles. The molecule has 0 aromatic heterocycles. The number of nitro groups is 1. The first-order valence-electron chi connectivity index (χ1n) is 7.48. The smallest absolute Gasteiger partial charge is 0.275 e. The average Bonchev–Trinajstić information content (AvgIpc) is 2.47. The molecule has 0 spiro atoms. The Labute approximate surface area is 130 Å². The van der Waals surface area contributed by atoms with E-state index in [-0.39, 0.29) is 10.6 Å². The van der Waals surface area contributed by atoms with Gasteiger partial charge in [0.1, 0.15) is 0 Å². The Kier molecular flexibility index (Phi) is 5.96. The van der Waals surface area contributed by atoms with Crippen LogP contribution in [-0.2, 0) is 6.54 Å². The van der Waals surface area contributed by atoms with Crippen molar-refractivity contribution in [1.82, 2.24) is 10.2 Å². The number of hydrogen-bond acceptors (Lipinski definition) is 4. The molecule has 0 radical (unpaired) electrons.